The predicted octanol–water partition coefficient (Wildman–Crippen LogP) is 1.42. The molecule has 0 bridgehead atoms. The highest BCUT2D eigenvalue weighted by Crippen LogP contribution is 2.08. The molecule has 1 N–H and O–H groups in total. The number of rotatable bonds is 3. The fraction of sp³-hybridized carbons (Fsp3) is 0.500. The van der Waals surface area contributed by atoms with Gasteiger partial charge >= 0.3 is 5.97 Å². The van der Waals surface area contributed by atoms with E-state index in [-0.39, 0.29) is 6.42 Å². The minimum absolute atomic E-state index is 0.0853. The Morgan fingerprint density at radius 3 is 2.14 bits per heavy atom. The molecule has 4 heteroatoms. The third-order valence-corrected chi connectivity index (χ3v) is 2.24. The van der Waals surface area contributed by atoms with Gasteiger partial charge < -0.3 is 5.11 Å². The van der Waals surface area contributed by atoms with Crippen LogP contribution in [0.15, 0.2) is 0 Å². The van der Waals surface area contributed by atoms with Gasteiger partial charge in [-0.1, -0.05) is 0 Å². The number of aryl methyl sites for hydroxylation is 3. The van der Waals surface area contributed by atoms with E-state index in [0.29, 0.717) is 12.2 Å². The number of hydrogen-bond donors (Lipinski definition) is 1. The van der Waals surface area contributed by atoms with Crippen LogP contribution in [0.4, 0.5) is 0 Å². The van der Waals surface area contributed by atoms with E-state index < -0.39 is 5.97 Å². The number of aromatic nitrogens is 2. The lowest BCUT2D eigenvalue weighted by Gasteiger charge is -2.05. The molecule has 0 fully saturated rings. The SMILES string of the molecule is Cc1nc(CCC(=O)O)nc(C)c1C. The second kappa shape index (κ2) is 4.17. The summed E-state index contributed by atoms with van der Waals surface area (Å²) in [6, 6.07) is 0. The zero-order chi connectivity index (χ0) is 10.7. The maximum atomic E-state index is 10.4. The van der Waals surface area contributed by atoms with Crippen LogP contribution in [-0.4, -0.2) is 21.0 Å². The number of carbonyl (C=O) groups is 1. The molecule has 0 saturated heterocycles. The van der Waals surface area contributed by atoms with Crippen LogP contribution in [0.3, 0.4) is 0 Å². The maximum absolute atomic E-state index is 10.4. The molecule has 14 heavy (non-hydrogen) atoms. The second-order valence-electron chi connectivity index (χ2n) is 3.33. The molecule has 0 radical (unpaired) electrons. The third kappa shape index (κ3) is 2.52. The molecule has 0 aromatic carbocycles. The van der Waals surface area contributed by atoms with Gasteiger partial charge in [0.05, 0.1) is 6.42 Å². The van der Waals surface area contributed by atoms with Crippen LogP contribution >= 0.6 is 0 Å². The van der Waals surface area contributed by atoms with Crippen LogP contribution in [0.1, 0.15) is 29.2 Å². The maximum Gasteiger partial charge on any atom is 0.303 e. The molecule has 0 saturated carbocycles. The van der Waals surface area contributed by atoms with E-state index in [0.717, 1.165) is 17.0 Å². The van der Waals surface area contributed by atoms with Crippen molar-refractivity contribution in [2.75, 3.05) is 0 Å². The van der Waals surface area contributed by atoms with Gasteiger partial charge in [-0.05, 0) is 26.3 Å². The first-order chi connectivity index (χ1) is 6.50. The van der Waals surface area contributed by atoms with E-state index >= 15 is 0 Å². The smallest absolute Gasteiger partial charge is 0.303 e. The molecular weight excluding hydrogens is 180 g/mol. The Balaban J connectivity index is 2.84. The Hall–Kier alpha value is -1.45. The molecule has 1 aromatic heterocycles. The molecular formula is C10H14N2O2. The average molecular weight is 194 g/mol. The highest BCUT2D eigenvalue weighted by molar-refractivity contribution is 5.66. The van der Waals surface area contributed by atoms with Crippen molar-refractivity contribution in [2.45, 2.75) is 33.6 Å². The number of carboxylic acids is 1. The van der Waals surface area contributed by atoms with Gasteiger partial charge in [0.1, 0.15) is 5.82 Å². The number of carboxylic acid groups (broad SMARTS) is 1. The normalized spacial score (nSPS) is 10.2. The molecule has 0 aliphatic rings. The molecule has 1 rings (SSSR count). The van der Waals surface area contributed by atoms with Crippen LogP contribution < -0.4 is 0 Å². The van der Waals surface area contributed by atoms with E-state index in [1.165, 1.54) is 0 Å². The summed E-state index contributed by atoms with van der Waals surface area (Å²) < 4.78 is 0. The fourth-order valence-corrected chi connectivity index (χ4v) is 1.17. The van der Waals surface area contributed by atoms with Gasteiger partial charge in [0.25, 0.3) is 0 Å². The standard InChI is InChI=1S/C10H14N2O2/c1-6-7(2)11-9(12-8(6)3)4-5-10(13)14/h4-5H2,1-3H3,(H,13,14). The van der Waals surface area contributed by atoms with Crippen molar-refractivity contribution in [2.24, 2.45) is 0 Å². The van der Waals surface area contributed by atoms with Gasteiger partial charge in [0.2, 0.25) is 0 Å². The Morgan fingerprint density at radius 1 is 1.21 bits per heavy atom. The Bertz CT molecular complexity index is 338. The number of hydrogen-bond acceptors (Lipinski definition) is 3. The van der Waals surface area contributed by atoms with Crippen molar-refractivity contribution in [3.63, 3.8) is 0 Å². The van der Waals surface area contributed by atoms with Crippen molar-refractivity contribution >= 4 is 5.97 Å². The first-order valence-corrected chi connectivity index (χ1v) is 4.53. The lowest BCUT2D eigenvalue weighted by atomic mass is 10.2. The monoisotopic (exact) mass is 194 g/mol. The molecule has 1 heterocycles. The van der Waals surface area contributed by atoms with Crippen LogP contribution in [0.5, 0.6) is 0 Å². The Kier molecular flexibility index (Phi) is 3.17. The number of aliphatic carboxylic acids is 1. The van der Waals surface area contributed by atoms with Crippen LogP contribution in [-0.2, 0) is 11.2 Å². The number of nitrogens with zero attached hydrogens (tertiary/aromatic N) is 2. The van der Waals surface area contributed by atoms with Gasteiger partial charge in [-0.2, -0.15) is 0 Å². The van der Waals surface area contributed by atoms with Crippen molar-refractivity contribution in [1.29, 1.82) is 0 Å². The lowest BCUT2D eigenvalue weighted by molar-refractivity contribution is -0.137. The van der Waals surface area contributed by atoms with Crippen molar-refractivity contribution in [3.8, 4) is 0 Å². The summed E-state index contributed by atoms with van der Waals surface area (Å²) in [4.78, 5) is 18.8. The zero-order valence-corrected chi connectivity index (χ0v) is 8.66. The summed E-state index contributed by atoms with van der Waals surface area (Å²) in [7, 11) is 0. The molecule has 0 spiro atoms. The van der Waals surface area contributed by atoms with E-state index in [2.05, 4.69) is 9.97 Å². The van der Waals surface area contributed by atoms with Crippen LogP contribution in [0, 0.1) is 20.8 Å². The summed E-state index contributed by atoms with van der Waals surface area (Å²) >= 11 is 0. The summed E-state index contributed by atoms with van der Waals surface area (Å²) in [5.74, 6) is -0.197. The minimum atomic E-state index is -0.815. The molecule has 0 unspecified atom stereocenters. The lowest BCUT2D eigenvalue weighted by Crippen LogP contribution is -2.05. The molecule has 1 aromatic rings. The van der Waals surface area contributed by atoms with E-state index in [9.17, 15) is 4.79 Å². The molecule has 0 aliphatic heterocycles. The van der Waals surface area contributed by atoms with E-state index in [1.807, 2.05) is 20.8 Å². The first-order valence-electron chi connectivity index (χ1n) is 4.53. The largest absolute Gasteiger partial charge is 0.481 e. The summed E-state index contributed by atoms with van der Waals surface area (Å²) in [5.41, 5.74) is 2.93. The van der Waals surface area contributed by atoms with Crippen LogP contribution in [0.25, 0.3) is 0 Å². The second-order valence-corrected chi connectivity index (χ2v) is 3.33. The highest BCUT2D eigenvalue weighted by atomic mass is 16.4. The average Bonchev–Trinajstić information content (AvgIpc) is 2.10. The Morgan fingerprint density at radius 2 is 1.71 bits per heavy atom. The van der Waals surface area contributed by atoms with Gasteiger partial charge in [-0.3, -0.25) is 4.79 Å². The van der Waals surface area contributed by atoms with Gasteiger partial charge in [-0.15, -0.1) is 0 Å². The quantitative estimate of drug-likeness (QED) is 0.790. The minimum Gasteiger partial charge on any atom is -0.481 e. The summed E-state index contributed by atoms with van der Waals surface area (Å²) in [6.45, 7) is 5.79. The molecule has 4 nitrogen and oxygen atoms in total. The van der Waals surface area contributed by atoms with E-state index in [4.69, 9.17) is 5.11 Å². The topological polar surface area (TPSA) is 63.1 Å². The predicted molar refractivity (Wildman–Crippen MR) is 52.2 cm³/mol. The summed E-state index contributed by atoms with van der Waals surface area (Å²) in [5, 5.41) is 8.51. The third-order valence-electron chi connectivity index (χ3n) is 2.24. The molecule has 76 valence electrons. The van der Waals surface area contributed by atoms with E-state index in [1.54, 1.807) is 0 Å². The van der Waals surface area contributed by atoms with Crippen molar-refractivity contribution < 1.29 is 9.90 Å². The Labute approximate surface area is 83.0 Å². The first kappa shape index (κ1) is 10.6. The highest BCUT2D eigenvalue weighted by Gasteiger charge is 2.06. The molecule has 0 amide bonds. The molecule has 0 atom stereocenters. The van der Waals surface area contributed by atoms with Crippen molar-refractivity contribution in [3.05, 3.63) is 22.8 Å². The van der Waals surface area contributed by atoms with Gasteiger partial charge in [0, 0.05) is 17.8 Å². The summed E-state index contributed by atoms with van der Waals surface area (Å²) in [6.07, 6.45) is 0.485. The zero-order valence-electron chi connectivity index (χ0n) is 8.66. The fourth-order valence-electron chi connectivity index (χ4n) is 1.17. The van der Waals surface area contributed by atoms with Crippen LogP contribution in [0.2, 0.25) is 0 Å². The van der Waals surface area contributed by atoms with Gasteiger partial charge in [-0.25, -0.2) is 9.97 Å². The van der Waals surface area contributed by atoms with Gasteiger partial charge in [0.15, 0.2) is 0 Å². The van der Waals surface area contributed by atoms with Crippen molar-refractivity contribution in [1.82, 2.24) is 9.97 Å². The molecule has 0 aliphatic carbocycles.